The molecule has 0 saturated heterocycles. The lowest BCUT2D eigenvalue weighted by Gasteiger charge is -2.15. The zero-order chi connectivity index (χ0) is 13.2. The Labute approximate surface area is 109 Å². The van der Waals surface area contributed by atoms with Crippen LogP contribution >= 0.6 is 0 Å². The molecule has 1 fully saturated rings. The Bertz CT molecular complexity index is 522. The molecule has 0 aliphatic heterocycles. The normalized spacial score (nSPS) is 17.4. The summed E-state index contributed by atoms with van der Waals surface area (Å²) in [4.78, 5) is 0.339. The van der Waals surface area contributed by atoms with E-state index in [2.05, 4.69) is 10.0 Å². The SMILES string of the molecule is CCCNc1ccccc1S(=O)(=O)NC1(C)CC1. The van der Waals surface area contributed by atoms with Gasteiger partial charge in [0.2, 0.25) is 10.0 Å². The maximum Gasteiger partial charge on any atom is 0.243 e. The van der Waals surface area contributed by atoms with Crippen molar-refractivity contribution in [2.45, 2.75) is 43.5 Å². The van der Waals surface area contributed by atoms with Crippen LogP contribution in [0.3, 0.4) is 0 Å². The third-order valence-electron chi connectivity index (χ3n) is 3.12. The molecule has 0 radical (unpaired) electrons. The number of hydrogen-bond donors (Lipinski definition) is 2. The number of benzene rings is 1. The van der Waals surface area contributed by atoms with E-state index in [9.17, 15) is 8.42 Å². The van der Waals surface area contributed by atoms with Crippen molar-refractivity contribution in [2.24, 2.45) is 0 Å². The van der Waals surface area contributed by atoms with E-state index < -0.39 is 10.0 Å². The number of hydrogen-bond acceptors (Lipinski definition) is 3. The minimum Gasteiger partial charge on any atom is -0.384 e. The topological polar surface area (TPSA) is 58.2 Å². The fourth-order valence-corrected chi connectivity index (χ4v) is 3.43. The van der Waals surface area contributed by atoms with Crippen LogP contribution in [0.25, 0.3) is 0 Å². The predicted molar refractivity (Wildman–Crippen MR) is 73.2 cm³/mol. The standard InChI is InChI=1S/C13H20N2O2S/c1-3-10-14-11-6-4-5-7-12(11)18(16,17)15-13(2)8-9-13/h4-7,14-15H,3,8-10H2,1-2H3. The van der Waals surface area contributed by atoms with Crippen LogP contribution in [0.5, 0.6) is 0 Å². The first-order valence-corrected chi connectivity index (χ1v) is 7.82. The number of anilines is 1. The van der Waals surface area contributed by atoms with Gasteiger partial charge in [-0.1, -0.05) is 19.1 Å². The van der Waals surface area contributed by atoms with Crippen LogP contribution in [0.1, 0.15) is 33.1 Å². The minimum atomic E-state index is -3.43. The van der Waals surface area contributed by atoms with Gasteiger partial charge in [0.1, 0.15) is 4.90 Å². The molecular weight excluding hydrogens is 248 g/mol. The van der Waals surface area contributed by atoms with Gasteiger partial charge in [0.05, 0.1) is 5.69 Å². The van der Waals surface area contributed by atoms with E-state index in [1.807, 2.05) is 19.9 Å². The first kappa shape index (κ1) is 13.4. The number of para-hydroxylation sites is 1. The van der Waals surface area contributed by atoms with Gasteiger partial charge < -0.3 is 5.32 Å². The van der Waals surface area contributed by atoms with Crippen molar-refractivity contribution < 1.29 is 8.42 Å². The van der Waals surface area contributed by atoms with Crippen molar-refractivity contribution in [3.05, 3.63) is 24.3 Å². The molecule has 0 aromatic heterocycles. The molecule has 1 aromatic rings. The summed E-state index contributed by atoms with van der Waals surface area (Å²) in [7, 11) is -3.43. The molecule has 0 spiro atoms. The van der Waals surface area contributed by atoms with Crippen LogP contribution in [-0.4, -0.2) is 20.5 Å². The highest BCUT2D eigenvalue weighted by molar-refractivity contribution is 7.89. The summed E-state index contributed by atoms with van der Waals surface area (Å²) in [6.45, 7) is 4.75. The van der Waals surface area contributed by atoms with Gasteiger partial charge in [-0.2, -0.15) is 0 Å². The van der Waals surface area contributed by atoms with Gasteiger partial charge in [-0.15, -0.1) is 0 Å². The Morgan fingerprint density at radius 2 is 1.94 bits per heavy atom. The second-order valence-electron chi connectivity index (χ2n) is 5.09. The summed E-state index contributed by atoms with van der Waals surface area (Å²) in [5.41, 5.74) is 0.438. The summed E-state index contributed by atoms with van der Waals surface area (Å²) < 4.78 is 27.4. The zero-order valence-corrected chi connectivity index (χ0v) is 11.7. The van der Waals surface area contributed by atoms with Crippen LogP contribution in [0.4, 0.5) is 5.69 Å². The van der Waals surface area contributed by atoms with Gasteiger partial charge in [-0.25, -0.2) is 13.1 Å². The summed E-state index contributed by atoms with van der Waals surface area (Å²) in [5.74, 6) is 0. The van der Waals surface area contributed by atoms with E-state index >= 15 is 0 Å². The highest BCUT2D eigenvalue weighted by Crippen LogP contribution is 2.36. The fraction of sp³-hybridized carbons (Fsp3) is 0.538. The smallest absolute Gasteiger partial charge is 0.243 e. The predicted octanol–water partition coefficient (Wildman–Crippen LogP) is 2.34. The molecule has 4 nitrogen and oxygen atoms in total. The average molecular weight is 268 g/mol. The highest BCUT2D eigenvalue weighted by Gasteiger charge is 2.41. The van der Waals surface area contributed by atoms with Crippen LogP contribution in [-0.2, 0) is 10.0 Å². The first-order chi connectivity index (χ1) is 8.47. The molecule has 0 unspecified atom stereocenters. The Hall–Kier alpha value is -1.07. The molecule has 2 rings (SSSR count). The van der Waals surface area contributed by atoms with Gasteiger partial charge in [-0.05, 0) is 38.3 Å². The molecule has 0 atom stereocenters. The van der Waals surface area contributed by atoms with Crippen molar-refractivity contribution in [3.63, 3.8) is 0 Å². The molecular formula is C13H20N2O2S. The lowest BCUT2D eigenvalue weighted by Crippen LogP contribution is -2.34. The first-order valence-electron chi connectivity index (χ1n) is 6.34. The van der Waals surface area contributed by atoms with Crippen molar-refractivity contribution in [2.75, 3.05) is 11.9 Å². The number of nitrogens with one attached hydrogen (secondary N) is 2. The fourth-order valence-electron chi connectivity index (χ4n) is 1.78. The maximum absolute atomic E-state index is 12.3. The second-order valence-corrected chi connectivity index (χ2v) is 6.74. The Kier molecular flexibility index (Phi) is 3.64. The molecule has 1 aliphatic carbocycles. The van der Waals surface area contributed by atoms with Crippen LogP contribution in [0.15, 0.2) is 29.2 Å². The third kappa shape index (κ3) is 3.03. The van der Waals surface area contributed by atoms with Gasteiger partial charge in [0.15, 0.2) is 0 Å². The molecule has 1 aromatic carbocycles. The van der Waals surface area contributed by atoms with E-state index in [1.165, 1.54) is 0 Å². The van der Waals surface area contributed by atoms with Crippen molar-refractivity contribution in [1.82, 2.24) is 4.72 Å². The Morgan fingerprint density at radius 1 is 1.28 bits per heavy atom. The molecule has 18 heavy (non-hydrogen) atoms. The number of rotatable bonds is 6. The maximum atomic E-state index is 12.3. The monoisotopic (exact) mass is 268 g/mol. The summed E-state index contributed by atoms with van der Waals surface area (Å²) in [6, 6.07) is 7.04. The van der Waals surface area contributed by atoms with Crippen LogP contribution in [0.2, 0.25) is 0 Å². The second kappa shape index (κ2) is 4.90. The van der Waals surface area contributed by atoms with E-state index in [-0.39, 0.29) is 5.54 Å². The largest absolute Gasteiger partial charge is 0.384 e. The van der Waals surface area contributed by atoms with E-state index in [0.717, 1.165) is 25.8 Å². The van der Waals surface area contributed by atoms with Crippen molar-refractivity contribution in [1.29, 1.82) is 0 Å². The zero-order valence-electron chi connectivity index (χ0n) is 10.9. The average Bonchev–Trinajstić information content (AvgIpc) is 3.03. The molecule has 5 heteroatoms. The van der Waals surface area contributed by atoms with Gasteiger partial charge in [-0.3, -0.25) is 0 Å². The number of sulfonamides is 1. The van der Waals surface area contributed by atoms with Crippen LogP contribution in [0, 0.1) is 0 Å². The van der Waals surface area contributed by atoms with Crippen molar-refractivity contribution in [3.8, 4) is 0 Å². The molecule has 100 valence electrons. The van der Waals surface area contributed by atoms with Crippen LogP contribution < -0.4 is 10.0 Å². The molecule has 1 aliphatic rings. The molecule has 2 N–H and O–H groups in total. The Balaban J connectivity index is 2.25. The quantitative estimate of drug-likeness (QED) is 0.832. The Morgan fingerprint density at radius 3 is 2.56 bits per heavy atom. The van der Waals surface area contributed by atoms with E-state index in [1.54, 1.807) is 18.2 Å². The lowest BCUT2D eigenvalue weighted by atomic mass is 10.3. The van der Waals surface area contributed by atoms with Crippen molar-refractivity contribution >= 4 is 15.7 Å². The molecule has 0 heterocycles. The minimum absolute atomic E-state index is 0.239. The van der Waals surface area contributed by atoms with Gasteiger partial charge >= 0.3 is 0 Å². The van der Waals surface area contributed by atoms with Gasteiger partial charge in [0.25, 0.3) is 0 Å². The van der Waals surface area contributed by atoms with Gasteiger partial charge in [0, 0.05) is 12.1 Å². The summed E-state index contributed by atoms with van der Waals surface area (Å²) >= 11 is 0. The summed E-state index contributed by atoms with van der Waals surface area (Å²) in [6.07, 6.45) is 2.78. The molecule has 1 saturated carbocycles. The molecule has 0 amide bonds. The molecule has 0 bridgehead atoms. The van der Waals surface area contributed by atoms with E-state index in [0.29, 0.717) is 10.6 Å². The van der Waals surface area contributed by atoms with E-state index in [4.69, 9.17) is 0 Å². The highest BCUT2D eigenvalue weighted by atomic mass is 32.2. The lowest BCUT2D eigenvalue weighted by molar-refractivity contribution is 0.558. The third-order valence-corrected chi connectivity index (χ3v) is 4.82. The summed E-state index contributed by atoms with van der Waals surface area (Å²) in [5, 5.41) is 3.16.